The Morgan fingerprint density at radius 3 is 2.21 bits per heavy atom. The highest BCUT2D eigenvalue weighted by Crippen LogP contribution is 2.59. The predicted molar refractivity (Wildman–Crippen MR) is 90.3 cm³/mol. The number of hydrogen-bond donors (Lipinski definition) is 1. The molecule has 0 aliphatic heterocycles. The SMILES string of the molecule is COC(=O)[C@@](C/C=C\c1ccccc1)(NC(C)=O)P(=O)(OC)OC. The summed E-state index contributed by atoms with van der Waals surface area (Å²) in [5, 5.41) is 0.425. The maximum Gasteiger partial charge on any atom is 0.367 e. The van der Waals surface area contributed by atoms with Gasteiger partial charge in [-0.3, -0.25) is 9.36 Å². The van der Waals surface area contributed by atoms with Gasteiger partial charge >= 0.3 is 13.6 Å². The molecule has 1 atom stereocenters. The van der Waals surface area contributed by atoms with Crippen LogP contribution in [0.3, 0.4) is 0 Å². The minimum Gasteiger partial charge on any atom is -0.467 e. The maximum atomic E-state index is 13.0. The minimum atomic E-state index is -4.03. The zero-order valence-electron chi connectivity index (χ0n) is 14.1. The maximum absolute atomic E-state index is 13.0. The molecule has 1 N–H and O–H groups in total. The number of esters is 1. The molecule has 0 unspecified atom stereocenters. The van der Waals surface area contributed by atoms with Crippen LogP contribution in [0.2, 0.25) is 0 Å². The Morgan fingerprint density at radius 1 is 1.17 bits per heavy atom. The van der Waals surface area contributed by atoms with Crippen molar-refractivity contribution in [2.75, 3.05) is 21.3 Å². The Morgan fingerprint density at radius 2 is 1.75 bits per heavy atom. The van der Waals surface area contributed by atoms with Crippen molar-refractivity contribution >= 4 is 25.5 Å². The second-order valence-electron chi connectivity index (χ2n) is 4.91. The third kappa shape index (κ3) is 4.32. The van der Waals surface area contributed by atoms with Gasteiger partial charge < -0.3 is 19.1 Å². The summed E-state index contributed by atoms with van der Waals surface area (Å²) >= 11 is 0. The van der Waals surface area contributed by atoms with Gasteiger partial charge in [-0.1, -0.05) is 42.5 Å². The van der Waals surface area contributed by atoms with Crippen molar-refractivity contribution in [2.45, 2.75) is 18.6 Å². The van der Waals surface area contributed by atoms with E-state index in [1.165, 1.54) is 6.92 Å². The first-order chi connectivity index (χ1) is 11.3. The van der Waals surface area contributed by atoms with Crippen LogP contribution in [0.5, 0.6) is 0 Å². The summed E-state index contributed by atoms with van der Waals surface area (Å²) < 4.78 is 27.6. The topological polar surface area (TPSA) is 90.9 Å². The van der Waals surface area contributed by atoms with E-state index in [2.05, 4.69) is 5.32 Å². The molecule has 0 aliphatic carbocycles. The molecular weight excluding hydrogens is 333 g/mol. The molecule has 24 heavy (non-hydrogen) atoms. The van der Waals surface area contributed by atoms with Crippen LogP contribution < -0.4 is 5.32 Å². The van der Waals surface area contributed by atoms with E-state index in [1.54, 1.807) is 12.2 Å². The normalized spacial score (nSPS) is 14.2. The lowest BCUT2D eigenvalue weighted by Gasteiger charge is -2.34. The Kier molecular flexibility index (Phi) is 7.35. The van der Waals surface area contributed by atoms with E-state index in [4.69, 9.17) is 13.8 Å². The smallest absolute Gasteiger partial charge is 0.367 e. The number of benzene rings is 1. The number of carbonyl (C=O) groups excluding carboxylic acids is 2. The van der Waals surface area contributed by atoms with Crippen molar-refractivity contribution in [3.8, 4) is 0 Å². The molecule has 1 aromatic carbocycles. The molecule has 0 fully saturated rings. The number of nitrogens with one attached hydrogen (secondary N) is 1. The van der Waals surface area contributed by atoms with E-state index in [0.29, 0.717) is 0 Å². The Labute approximate surface area is 141 Å². The first-order valence-electron chi connectivity index (χ1n) is 7.15. The lowest BCUT2D eigenvalue weighted by Crippen LogP contribution is -2.54. The summed E-state index contributed by atoms with van der Waals surface area (Å²) in [5.41, 5.74) is 0.878. The predicted octanol–water partition coefficient (Wildman–Crippen LogP) is 2.58. The molecule has 0 aromatic heterocycles. The van der Waals surface area contributed by atoms with Gasteiger partial charge in [0.15, 0.2) is 0 Å². The van der Waals surface area contributed by atoms with Crippen molar-refractivity contribution in [2.24, 2.45) is 0 Å². The molecule has 1 aromatic rings. The lowest BCUT2D eigenvalue weighted by molar-refractivity contribution is -0.147. The van der Waals surface area contributed by atoms with Gasteiger partial charge in [-0.25, -0.2) is 4.79 Å². The van der Waals surface area contributed by atoms with Gasteiger partial charge in [0, 0.05) is 27.6 Å². The van der Waals surface area contributed by atoms with Gasteiger partial charge in [0.1, 0.15) is 0 Å². The molecule has 8 heteroatoms. The zero-order valence-corrected chi connectivity index (χ0v) is 15.0. The van der Waals surface area contributed by atoms with Crippen LogP contribution >= 0.6 is 7.60 Å². The van der Waals surface area contributed by atoms with Crippen LogP contribution in [-0.4, -0.2) is 38.5 Å². The van der Waals surface area contributed by atoms with Crippen LogP contribution in [0.15, 0.2) is 36.4 Å². The second-order valence-corrected chi connectivity index (χ2v) is 7.40. The molecule has 1 amide bonds. The number of rotatable bonds is 8. The minimum absolute atomic E-state index is 0.132. The van der Waals surface area contributed by atoms with Crippen LogP contribution in [0, 0.1) is 0 Å². The largest absolute Gasteiger partial charge is 0.467 e. The molecule has 0 saturated carbocycles. The molecule has 0 heterocycles. The molecule has 7 nitrogen and oxygen atoms in total. The fourth-order valence-corrected chi connectivity index (χ4v) is 3.96. The monoisotopic (exact) mass is 355 g/mol. The lowest BCUT2D eigenvalue weighted by atomic mass is 10.1. The van der Waals surface area contributed by atoms with E-state index in [1.807, 2.05) is 30.3 Å². The summed E-state index contributed by atoms with van der Waals surface area (Å²) in [6, 6.07) is 9.31. The molecule has 0 aliphatic rings. The van der Waals surface area contributed by atoms with Gasteiger partial charge in [0.2, 0.25) is 11.2 Å². The summed E-state index contributed by atoms with van der Waals surface area (Å²) in [5.74, 6) is -1.48. The molecule has 132 valence electrons. The van der Waals surface area contributed by atoms with Crippen LogP contribution in [-0.2, 0) is 27.9 Å². The fourth-order valence-electron chi connectivity index (χ4n) is 2.25. The fraction of sp³-hybridized carbons (Fsp3) is 0.375. The van der Waals surface area contributed by atoms with Gasteiger partial charge in [0.05, 0.1) is 7.11 Å². The first-order valence-corrected chi connectivity index (χ1v) is 8.70. The standard InChI is InChI=1S/C16H22NO6P/c1-13(18)17-16(15(19)21-2,24(20,22-3)23-4)12-8-11-14-9-6-5-7-10-14/h5-11H,12H2,1-4H3,(H,17,18)/b11-8-/t16-/m0/s1. The number of hydrogen-bond acceptors (Lipinski definition) is 6. The van der Waals surface area contributed by atoms with Crippen LogP contribution in [0.25, 0.3) is 6.08 Å². The Bertz CT molecular complexity index is 637. The van der Waals surface area contributed by atoms with Crippen molar-refractivity contribution < 1.29 is 27.9 Å². The van der Waals surface area contributed by atoms with Crippen LogP contribution in [0.4, 0.5) is 0 Å². The van der Waals surface area contributed by atoms with Crippen molar-refractivity contribution in [3.63, 3.8) is 0 Å². The average molecular weight is 355 g/mol. The molecule has 0 radical (unpaired) electrons. The van der Waals surface area contributed by atoms with Gasteiger partial charge in [-0.2, -0.15) is 0 Å². The number of carbonyl (C=O) groups is 2. The van der Waals surface area contributed by atoms with Gasteiger partial charge in [0.25, 0.3) is 0 Å². The summed E-state index contributed by atoms with van der Waals surface area (Å²) in [7, 11) is -0.606. The zero-order chi connectivity index (χ0) is 18.2. The van der Waals surface area contributed by atoms with E-state index in [-0.39, 0.29) is 6.42 Å². The molecular formula is C16H22NO6P. The first kappa shape index (κ1) is 20.1. The number of amides is 1. The highest BCUT2D eigenvalue weighted by Gasteiger charge is 2.57. The number of ether oxygens (including phenoxy) is 1. The van der Waals surface area contributed by atoms with Crippen molar-refractivity contribution in [1.29, 1.82) is 0 Å². The van der Waals surface area contributed by atoms with E-state index >= 15 is 0 Å². The Balaban J connectivity index is 3.29. The molecule has 0 saturated heterocycles. The van der Waals surface area contributed by atoms with Crippen molar-refractivity contribution in [1.82, 2.24) is 5.32 Å². The average Bonchev–Trinajstić information content (AvgIpc) is 2.59. The molecule has 0 spiro atoms. The quantitative estimate of drug-likeness (QED) is 0.569. The third-order valence-corrected chi connectivity index (χ3v) is 5.75. The van der Waals surface area contributed by atoms with E-state index < -0.39 is 24.8 Å². The highest BCUT2D eigenvalue weighted by molar-refractivity contribution is 7.56. The van der Waals surface area contributed by atoms with E-state index in [0.717, 1.165) is 26.9 Å². The molecule has 1 rings (SSSR count). The van der Waals surface area contributed by atoms with Gasteiger partial charge in [-0.05, 0) is 5.56 Å². The molecule has 0 bridgehead atoms. The highest BCUT2D eigenvalue weighted by atomic mass is 31.2. The van der Waals surface area contributed by atoms with Crippen molar-refractivity contribution in [3.05, 3.63) is 42.0 Å². The summed E-state index contributed by atoms with van der Waals surface area (Å²) in [4.78, 5) is 24.0. The third-order valence-electron chi connectivity index (χ3n) is 3.38. The number of methoxy groups -OCH3 is 1. The summed E-state index contributed by atoms with van der Waals surface area (Å²) in [6.45, 7) is 1.20. The summed E-state index contributed by atoms with van der Waals surface area (Å²) in [6.07, 6.45) is 3.20. The van der Waals surface area contributed by atoms with Gasteiger partial charge in [-0.15, -0.1) is 0 Å². The van der Waals surface area contributed by atoms with E-state index in [9.17, 15) is 14.2 Å². The Hall–Kier alpha value is -1.95. The second kappa shape index (κ2) is 8.78. The van der Waals surface area contributed by atoms with Crippen LogP contribution in [0.1, 0.15) is 18.9 Å².